The lowest BCUT2D eigenvalue weighted by molar-refractivity contribution is -0.116. The minimum atomic E-state index is -0.172. The highest BCUT2D eigenvalue weighted by Gasteiger charge is 2.14. The summed E-state index contributed by atoms with van der Waals surface area (Å²) in [5, 5.41) is 2.83. The molecule has 2 aromatic rings. The highest BCUT2D eigenvalue weighted by molar-refractivity contribution is 14.1. The third-order valence-corrected chi connectivity index (χ3v) is 4.32. The number of anilines is 1. The number of hydrogen-bond acceptors (Lipinski definition) is 3. The minimum absolute atomic E-state index is 0.0940. The predicted molar refractivity (Wildman–Crippen MR) is 99.1 cm³/mol. The summed E-state index contributed by atoms with van der Waals surface area (Å²) in [5.74, 6) is 0.274. The van der Waals surface area contributed by atoms with Crippen LogP contribution in [0.2, 0.25) is 0 Å². The molecule has 0 unspecified atom stereocenters. The first kappa shape index (κ1) is 17.5. The third-order valence-electron chi connectivity index (χ3n) is 3.38. The summed E-state index contributed by atoms with van der Waals surface area (Å²) >= 11 is 2.16. The van der Waals surface area contributed by atoms with Gasteiger partial charge in [0.15, 0.2) is 5.78 Å². The molecule has 0 atom stereocenters. The van der Waals surface area contributed by atoms with E-state index in [0.717, 1.165) is 14.8 Å². The molecular formula is C18H18INO3. The number of ketones is 1. The van der Waals surface area contributed by atoms with Gasteiger partial charge in [-0.3, -0.25) is 9.59 Å². The first-order valence-electron chi connectivity index (χ1n) is 7.23. The van der Waals surface area contributed by atoms with E-state index >= 15 is 0 Å². The summed E-state index contributed by atoms with van der Waals surface area (Å²) in [7, 11) is 1.53. The van der Waals surface area contributed by atoms with Crippen molar-refractivity contribution >= 4 is 40.0 Å². The standard InChI is InChI=1S/C18H18INO3/c1-12-7-9-17(23-2)13(11-12)16(21)8-10-18(22)20-15-6-4-3-5-14(15)19/h3-7,9,11H,8,10H2,1-2H3,(H,20,22). The molecule has 0 bridgehead atoms. The van der Waals surface area contributed by atoms with Gasteiger partial charge in [0.05, 0.1) is 18.4 Å². The van der Waals surface area contributed by atoms with Crippen molar-refractivity contribution in [2.45, 2.75) is 19.8 Å². The second-order valence-electron chi connectivity index (χ2n) is 5.15. The van der Waals surface area contributed by atoms with Gasteiger partial charge in [0.2, 0.25) is 5.91 Å². The zero-order valence-electron chi connectivity index (χ0n) is 13.1. The number of nitrogens with one attached hydrogen (secondary N) is 1. The summed E-state index contributed by atoms with van der Waals surface area (Å²) in [5.41, 5.74) is 2.27. The molecule has 0 saturated carbocycles. The average molecular weight is 423 g/mol. The molecular weight excluding hydrogens is 405 g/mol. The summed E-state index contributed by atoms with van der Waals surface area (Å²) in [6.45, 7) is 1.92. The number of amides is 1. The Morgan fingerprint density at radius 3 is 2.57 bits per heavy atom. The fourth-order valence-corrected chi connectivity index (χ4v) is 2.70. The van der Waals surface area contributed by atoms with Gasteiger partial charge < -0.3 is 10.1 Å². The fraction of sp³-hybridized carbons (Fsp3) is 0.222. The molecule has 2 aromatic carbocycles. The molecule has 0 spiro atoms. The van der Waals surface area contributed by atoms with Crippen LogP contribution in [0.15, 0.2) is 42.5 Å². The Bertz CT molecular complexity index is 728. The first-order chi connectivity index (χ1) is 11.0. The van der Waals surface area contributed by atoms with Crippen molar-refractivity contribution in [3.63, 3.8) is 0 Å². The van der Waals surface area contributed by atoms with Gasteiger partial charge in [-0.15, -0.1) is 0 Å². The van der Waals surface area contributed by atoms with Crippen LogP contribution in [0.1, 0.15) is 28.8 Å². The van der Waals surface area contributed by atoms with E-state index in [9.17, 15) is 9.59 Å². The van der Waals surface area contributed by atoms with E-state index < -0.39 is 0 Å². The van der Waals surface area contributed by atoms with Crippen molar-refractivity contribution in [1.29, 1.82) is 0 Å². The van der Waals surface area contributed by atoms with Crippen molar-refractivity contribution in [2.24, 2.45) is 0 Å². The second-order valence-corrected chi connectivity index (χ2v) is 6.32. The number of carbonyl (C=O) groups is 2. The SMILES string of the molecule is COc1ccc(C)cc1C(=O)CCC(=O)Nc1ccccc1I. The van der Waals surface area contributed by atoms with Gasteiger partial charge in [0.25, 0.3) is 0 Å². The molecule has 5 heteroatoms. The molecule has 2 rings (SSSR count). The molecule has 0 aliphatic carbocycles. The van der Waals surface area contributed by atoms with Gasteiger partial charge >= 0.3 is 0 Å². The highest BCUT2D eigenvalue weighted by Crippen LogP contribution is 2.22. The number of carbonyl (C=O) groups excluding carboxylic acids is 2. The molecule has 4 nitrogen and oxygen atoms in total. The maximum atomic E-state index is 12.3. The monoisotopic (exact) mass is 423 g/mol. The second kappa shape index (κ2) is 8.10. The number of Topliss-reactive ketones (excluding diaryl/α,β-unsaturated/α-hetero) is 1. The largest absolute Gasteiger partial charge is 0.496 e. The third kappa shape index (κ3) is 4.79. The number of halogens is 1. The Kier molecular flexibility index (Phi) is 6.15. The smallest absolute Gasteiger partial charge is 0.224 e. The summed E-state index contributed by atoms with van der Waals surface area (Å²) in [6, 6.07) is 13.0. The molecule has 0 heterocycles. The van der Waals surface area contributed by atoms with Gasteiger partial charge in [0, 0.05) is 16.4 Å². The Morgan fingerprint density at radius 2 is 1.87 bits per heavy atom. The molecule has 0 aromatic heterocycles. The van der Waals surface area contributed by atoms with Crippen molar-refractivity contribution in [3.8, 4) is 5.75 Å². The zero-order valence-corrected chi connectivity index (χ0v) is 15.2. The van der Waals surface area contributed by atoms with Crippen LogP contribution in [0.25, 0.3) is 0 Å². The lowest BCUT2D eigenvalue weighted by atomic mass is 10.0. The van der Waals surface area contributed by atoms with Crippen LogP contribution in [0.5, 0.6) is 5.75 Å². The van der Waals surface area contributed by atoms with E-state index in [1.807, 2.05) is 37.3 Å². The van der Waals surface area contributed by atoms with Gasteiger partial charge in [-0.1, -0.05) is 23.8 Å². The Morgan fingerprint density at radius 1 is 1.13 bits per heavy atom. The topological polar surface area (TPSA) is 55.4 Å². The zero-order chi connectivity index (χ0) is 16.8. The quantitative estimate of drug-likeness (QED) is 0.560. The van der Waals surface area contributed by atoms with Crippen LogP contribution in [0.4, 0.5) is 5.69 Å². The maximum absolute atomic E-state index is 12.3. The van der Waals surface area contributed by atoms with Crippen LogP contribution >= 0.6 is 22.6 Å². The van der Waals surface area contributed by atoms with Crippen molar-refractivity contribution in [3.05, 3.63) is 57.2 Å². The van der Waals surface area contributed by atoms with Crippen molar-refractivity contribution in [1.82, 2.24) is 0 Å². The molecule has 0 aliphatic rings. The van der Waals surface area contributed by atoms with Gasteiger partial charge in [-0.2, -0.15) is 0 Å². The number of rotatable bonds is 6. The molecule has 0 fully saturated rings. The number of aryl methyl sites for hydroxylation is 1. The van der Waals surface area contributed by atoms with E-state index in [-0.39, 0.29) is 24.5 Å². The van der Waals surface area contributed by atoms with E-state index in [4.69, 9.17) is 4.74 Å². The summed E-state index contributed by atoms with van der Waals surface area (Å²) in [4.78, 5) is 24.4. The lowest BCUT2D eigenvalue weighted by Crippen LogP contribution is -2.14. The Labute approximate surface area is 149 Å². The van der Waals surface area contributed by atoms with Crippen LogP contribution in [-0.2, 0) is 4.79 Å². The van der Waals surface area contributed by atoms with Crippen LogP contribution in [0.3, 0.4) is 0 Å². The van der Waals surface area contributed by atoms with Crippen LogP contribution in [-0.4, -0.2) is 18.8 Å². The fourth-order valence-electron chi connectivity index (χ4n) is 2.18. The van der Waals surface area contributed by atoms with Crippen molar-refractivity contribution in [2.75, 3.05) is 12.4 Å². The van der Waals surface area contributed by atoms with Gasteiger partial charge in [0.1, 0.15) is 5.75 Å². The molecule has 23 heavy (non-hydrogen) atoms. The van der Waals surface area contributed by atoms with Crippen LogP contribution < -0.4 is 10.1 Å². The predicted octanol–water partition coefficient (Wildman–Crippen LogP) is 4.21. The summed E-state index contributed by atoms with van der Waals surface area (Å²) in [6.07, 6.45) is 0.288. The van der Waals surface area contributed by atoms with Gasteiger partial charge in [-0.05, 0) is 53.8 Å². The molecule has 0 saturated heterocycles. The molecule has 120 valence electrons. The molecule has 0 aliphatic heterocycles. The Hall–Kier alpha value is -1.89. The van der Waals surface area contributed by atoms with E-state index in [2.05, 4.69) is 27.9 Å². The molecule has 1 amide bonds. The number of benzene rings is 2. The van der Waals surface area contributed by atoms with Crippen molar-refractivity contribution < 1.29 is 14.3 Å². The lowest BCUT2D eigenvalue weighted by Gasteiger charge is -2.09. The first-order valence-corrected chi connectivity index (χ1v) is 8.31. The normalized spacial score (nSPS) is 10.2. The average Bonchev–Trinajstić information content (AvgIpc) is 2.54. The highest BCUT2D eigenvalue weighted by atomic mass is 127. The number of methoxy groups -OCH3 is 1. The van der Waals surface area contributed by atoms with E-state index in [0.29, 0.717) is 11.3 Å². The maximum Gasteiger partial charge on any atom is 0.224 e. The molecule has 1 N–H and O–H groups in total. The Balaban J connectivity index is 1.98. The summed E-state index contributed by atoms with van der Waals surface area (Å²) < 4.78 is 6.18. The van der Waals surface area contributed by atoms with E-state index in [1.54, 1.807) is 12.1 Å². The number of ether oxygens (including phenoxy) is 1. The van der Waals surface area contributed by atoms with Gasteiger partial charge in [-0.25, -0.2) is 0 Å². The number of para-hydroxylation sites is 1. The molecule has 0 radical (unpaired) electrons. The minimum Gasteiger partial charge on any atom is -0.496 e. The number of hydrogen-bond donors (Lipinski definition) is 1. The van der Waals surface area contributed by atoms with Crippen LogP contribution in [0, 0.1) is 10.5 Å². The van der Waals surface area contributed by atoms with E-state index in [1.165, 1.54) is 7.11 Å².